The van der Waals surface area contributed by atoms with Crippen molar-refractivity contribution in [2.75, 3.05) is 19.6 Å². The van der Waals surface area contributed by atoms with Crippen molar-refractivity contribution in [1.82, 2.24) is 0 Å². The van der Waals surface area contributed by atoms with Crippen LogP contribution in [0.4, 0.5) is 0 Å². The van der Waals surface area contributed by atoms with Gasteiger partial charge < -0.3 is 16.9 Å². The smallest absolute Gasteiger partial charge is 0.141 e. The zero-order valence-electron chi connectivity index (χ0n) is 26.4. The van der Waals surface area contributed by atoms with E-state index in [1.807, 2.05) is 0 Å². The summed E-state index contributed by atoms with van der Waals surface area (Å²) in [6.45, 7) is 10.5. The second-order valence-corrected chi connectivity index (χ2v) is 13.5. The number of halogens is 2. The average Bonchev–Trinajstić information content (AvgIpc) is 2.90. The molecule has 0 aromatic carbocycles. The summed E-state index contributed by atoms with van der Waals surface area (Å²) in [5, 5.41) is 0. The van der Waals surface area contributed by atoms with Crippen LogP contribution in [0.3, 0.4) is 0 Å². The van der Waals surface area contributed by atoms with E-state index in [9.17, 15) is 0 Å². The molecule has 0 radical (unpaired) electrons. The standard InChI is InChI=1S/C35H69IN.ClH/c1-5-9-12-15-18-21-22-25-28-31-35(36)37(32-8-4,33-29-26-23-19-16-13-10-6-2)34-30-27-24-20-17-14-11-7-3;/h4,35H,5-7,9-34H2,1-3H3;1H/q+1;/p-1. The van der Waals surface area contributed by atoms with Crippen molar-refractivity contribution >= 4 is 22.6 Å². The molecule has 0 aromatic rings. The Morgan fingerprint density at radius 3 is 1.11 bits per heavy atom. The predicted octanol–water partition coefficient (Wildman–Crippen LogP) is 9.40. The Morgan fingerprint density at radius 1 is 0.500 bits per heavy atom. The number of hydrogen-bond donors (Lipinski definition) is 0. The van der Waals surface area contributed by atoms with Gasteiger partial charge in [-0.3, -0.25) is 0 Å². The van der Waals surface area contributed by atoms with Crippen LogP contribution in [-0.2, 0) is 0 Å². The number of terminal acetylenes is 1. The Morgan fingerprint density at radius 2 is 0.789 bits per heavy atom. The zero-order valence-corrected chi connectivity index (χ0v) is 29.3. The second kappa shape index (κ2) is 32.1. The highest BCUT2D eigenvalue weighted by Crippen LogP contribution is 2.28. The number of hydrogen-bond acceptors (Lipinski definition) is 0. The first-order valence-electron chi connectivity index (χ1n) is 17.1. The summed E-state index contributed by atoms with van der Waals surface area (Å²) in [4.78, 5) is 0. The molecule has 0 fully saturated rings. The molecule has 1 nitrogen and oxygen atoms in total. The minimum absolute atomic E-state index is 0. The van der Waals surface area contributed by atoms with Crippen molar-refractivity contribution in [3.63, 3.8) is 0 Å². The molecule has 0 aromatic heterocycles. The fraction of sp³-hybridized carbons (Fsp3) is 0.943. The lowest BCUT2D eigenvalue weighted by molar-refractivity contribution is -0.928. The van der Waals surface area contributed by atoms with Crippen molar-refractivity contribution in [2.45, 2.75) is 192 Å². The SMILES string of the molecule is C#CC[N+](CCCCCCCCCC)(CCCCCCCCCC)C(I)CCCCCCCCCCC.[Cl-]. The molecular formula is C35H69ClIN. The van der Waals surface area contributed by atoms with Crippen LogP contribution in [0.2, 0.25) is 0 Å². The van der Waals surface area contributed by atoms with E-state index >= 15 is 0 Å². The summed E-state index contributed by atoms with van der Waals surface area (Å²) in [6.07, 6.45) is 42.6. The van der Waals surface area contributed by atoms with Gasteiger partial charge in [0.1, 0.15) is 10.6 Å². The summed E-state index contributed by atoms with van der Waals surface area (Å²) in [7, 11) is 0. The van der Waals surface area contributed by atoms with Gasteiger partial charge in [0.2, 0.25) is 0 Å². The predicted molar refractivity (Wildman–Crippen MR) is 179 cm³/mol. The molecule has 0 N–H and O–H groups in total. The molecule has 0 heterocycles. The van der Waals surface area contributed by atoms with Crippen molar-refractivity contribution in [1.29, 1.82) is 0 Å². The molecule has 0 amide bonds. The topological polar surface area (TPSA) is 0 Å². The summed E-state index contributed by atoms with van der Waals surface area (Å²) in [6, 6.07) is 0. The quantitative estimate of drug-likeness (QED) is 0.0179. The molecule has 0 saturated heterocycles. The lowest BCUT2D eigenvalue weighted by atomic mass is 10.0. The zero-order chi connectivity index (χ0) is 27.3. The normalized spacial score (nSPS) is 12.3. The summed E-state index contributed by atoms with van der Waals surface area (Å²) >= 11 is 2.81. The lowest BCUT2D eigenvalue weighted by Crippen LogP contribution is -3.00. The Balaban J connectivity index is 0. The van der Waals surface area contributed by atoms with Gasteiger partial charge in [-0.25, -0.2) is 0 Å². The largest absolute Gasteiger partial charge is 1.00 e. The van der Waals surface area contributed by atoms with Gasteiger partial charge in [0.05, 0.1) is 13.1 Å². The number of rotatable bonds is 30. The summed E-state index contributed by atoms with van der Waals surface area (Å²) in [5.41, 5.74) is 0. The van der Waals surface area contributed by atoms with Crippen molar-refractivity contribution in [3.05, 3.63) is 0 Å². The minimum Gasteiger partial charge on any atom is -1.00 e. The van der Waals surface area contributed by atoms with Crippen LogP contribution >= 0.6 is 22.6 Å². The van der Waals surface area contributed by atoms with E-state index in [4.69, 9.17) is 6.42 Å². The Bertz CT molecular complexity index is 469. The monoisotopic (exact) mass is 665 g/mol. The van der Waals surface area contributed by atoms with Gasteiger partial charge in [-0.05, 0) is 60.6 Å². The van der Waals surface area contributed by atoms with Gasteiger partial charge >= 0.3 is 0 Å². The molecule has 0 aliphatic rings. The van der Waals surface area contributed by atoms with Crippen LogP contribution in [0.1, 0.15) is 188 Å². The van der Waals surface area contributed by atoms with Gasteiger partial charge in [0, 0.05) is 6.42 Å². The fourth-order valence-electron chi connectivity index (χ4n) is 5.85. The Hall–Kier alpha value is 0.540. The fourth-order valence-corrected chi connectivity index (χ4v) is 7.04. The van der Waals surface area contributed by atoms with E-state index in [0.717, 1.165) is 6.54 Å². The van der Waals surface area contributed by atoms with E-state index in [1.54, 1.807) is 0 Å². The molecule has 1 atom stereocenters. The second-order valence-electron chi connectivity index (χ2n) is 12.0. The number of alkyl halides is 1. The molecule has 0 saturated carbocycles. The van der Waals surface area contributed by atoms with E-state index in [0.29, 0.717) is 4.05 Å². The maximum Gasteiger partial charge on any atom is 0.141 e. The average molecular weight is 666 g/mol. The molecule has 0 rings (SSSR count). The first-order valence-corrected chi connectivity index (χ1v) is 18.3. The van der Waals surface area contributed by atoms with Crippen LogP contribution in [0.5, 0.6) is 0 Å². The van der Waals surface area contributed by atoms with Gasteiger partial charge in [0.15, 0.2) is 0 Å². The Labute approximate surface area is 262 Å². The van der Waals surface area contributed by atoms with Crippen LogP contribution < -0.4 is 12.4 Å². The number of quaternary nitrogens is 1. The molecule has 0 spiro atoms. The van der Waals surface area contributed by atoms with Crippen LogP contribution in [0.15, 0.2) is 0 Å². The van der Waals surface area contributed by atoms with E-state index in [-0.39, 0.29) is 12.4 Å². The van der Waals surface area contributed by atoms with Crippen LogP contribution in [0, 0.1) is 12.3 Å². The third-order valence-electron chi connectivity index (χ3n) is 8.46. The minimum atomic E-state index is 0. The van der Waals surface area contributed by atoms with Crippen LogP contribution in [0.25, 0.3) is 0 Å². The molecule has 1 unspecified atom stereocenters. The van der Waals surface area contributed by atoms with Gasteiger partial charge in [0.25, 0.3) is 0 Å². The van der Waals surface area contributed by atoms with E-state index in [2.05, 4.69) is 49.3 Å². The third kappa shape index (κ3) is 24.3. The van der Waals surface area contributed by atoms with Crippen molar-refractivity contribution in [2.24, 2.45) is 0 Å². The molecule has 0 bridgehead atoms. The van der Waals surface area contributed by atoms with Gasteiger partial charge in [-0.2, -0.15) is 0 Å². The van der Waals surface area contributed by atoms with Crippen LogP contribution in [-0.4, -0.2) is 28.2 Å². The third-order valence-corrected chi connectivity index (χ3v) is 10.3. The number of nitrogens with zero attached hydrogens (tertiary/aromatic N) is 1. The molecule has 228 valence electrons. The highest BCUT2D eigenvalue weighted by atomic mass is 127. The summed E-state index contributed by atoms with van der Waals surface area (Å²) in [5.74, 6) is 3.14. The highest BCUT2D eigenvalue weighted by molar-refractivity contribution is 14.1. The maximum atomic E-state index is 6.02. The van der Waals surface area contributed by atoms with E-state index in [1.165, 1.54) is 185 Å². The molecule has 0 aliphatic heterocycles. The molecule has 38 heavy (non-hydrogen) atoms. The first-order chi connectivity index (χ1) is 18.2. The maximum absolute atomic E-state index is 6.02. The Kier molecular flexibility index (Phi) is 34.3. The van der Waals surface area contributed by atoms with E-state index < -0.39 is 0 Å². The molecule has 0 aliphatic carbocycles. The van der Waals surface area contributed by atoms with Crippen molar-refractivity contribution < 1.29 is 16.9 Å². The van der Waals surface area contributed by atoms with Gasteiger partial charge in [-0.15, -0.1) is 6.42 Å². The molecule has 3 heteroatoms. The highest BCUT2D eigenvalue weighted by Gasteiger charge is 2.33. The lowest BCUT2D eigenvalue weighted by Gasteiger charge is -2.42. The summed E-state index contributed by atoms with van der Waals surface area (Å²) < 4.78 is 1.88. The first kappa shape index (κ1) is 40.7. The molecular weight excluding hydrogens is 597 g/mol. The van der Waals surface area contributed by atoms with Crippen molar-refractivity contribution in [3.8, 4) is 12.3 Å². The number of unbranched alkanes of at least 4 members (excludes halogenated alkanes) is 22. The van der Waals surface area contributed by atoms with Gasteiger partial charge in [-0.1, -0.05) is 149 Å².